The van der Waals surface area contributed by atoms with E-state index in [0.29, 0.717) is 54.2 Å². The summed E-state index contributed by atoms with van der Waals surface area (Å²) < 4.78 is 10.5. The van der Waals surface area contributed by atoms with Gasteiger partial charge in [-0.2, -0.15) is 0 Å². The largest absolute Gasteiger partial charge is 0.482 e. The van der Waals surface area contributed by atoms with Gasteiger partial charge in [0.1, 0.15) is 17.8 Å². The highest BCUT2D eigenvalue weighted by Gasteiger charge is 2.28. The quantitative estimate of drug-likeness (QED) is 0.383. The maximum Gasteiger partial charge on any atom is 0.309 e. The molecule has 12 heteroatoms. The van der Waals surface area contributed by atoms with E-state index >= 15 is 0 Å². The number of nitrogens with one attached hydrogen (secondary N) is 2. The number of nitrogens with zero attached hydrogens (tertiary/aromatic N) is 3. The van der Waals surface area contributed by atoms with Crippen LogP contribution in [0.4, 0.5) is 17.3 Å². The van der Waals surface area contributed by atoms with Crippen LogP contribution < -0.4 is 26.2 Å². The molecular weight excluding hydrogens is 459 g/mol. The van der Waals surface area contributed by atoms with Gasteiger partial charge in [0, 0.05) is 18.1 Å². The molecule has 1 aliphatic rings. The van der Waals surface area contributed by atoms with Gasteiger partial charge in [0.25, 0.3) is 5.91 Å². The summed E-state index contributed by atoms with van der Waals surface area (Å²) in [6.07, 6.45) is 2.64. The van der Waals surface area contributed by atoms with Crippen LogP contribution in [0.15, 0.2) is 24.5 Å². The number of benzene rings is 1. The van der Waals surface area contributed by atoms with Gasteiger partial charge >= 0.3 is 5.97 Å². The molecule has 0 saturated carbocycles. The maximum absolute atomic E-state index is 12.1. The Balaban J connectivity index is 1.53. The molecule has 0 bridgehead atoms. The van der Waals surface area contributed by atoms with Crippen LogP contribution in [-0.2, 0) is 14.3 Å². The molecule has 32 heavy (non-hydrogen) atoms. The highest BCUT2D eigenvalue weighted by Crippen LogP contribution is 2.30. The molecule has 1 aromatic heterocycles. The first-order valence-electron chi connectivity index (χ1n) is 10.0. The van der Waals surface area contributed by atoms with Gasteiger partial charge < -0.3 is 20.1 Å². The van der Waals surface area contributed by atoms with E-state index < -0.39 is 5.91 Å². The van der Waals surface area contributed by atoms with E-state index in [1.807, 2.05) is 4.90 Å². The van der Waals surface area contributed by atoms with Crippen LogP contribution >= 0.6 is 23.2 Å². The fourth-order valence-electron chi connectivity index (χ4n) is 3.23. The Kier molecular flexibility index (Phi) is 8.18. The number of carbonyl (C=O) groups is 2. The lowest BCUT2D eigenvalue weighted by Gasteiger charge is -2.32. The number of carbonyl (C=O) groups excluding carboxylic acids is 2. The number of nitrogen functional groups attached to an aromatic ring is 1. The van der Waals surface area contributed by atoms with E-state index in [2.05, 4.69) is 20.8 Å². The van der Waals surface area contributed by atoms with Crippen molar-refractivity contribution in [2.75, 3.05) is 42.4 Å². The summed E-state index contributed by atoms with van der Waals surface area (Å²) in [5, 5.41) is 0.767. The molecule has 1 fully saturated rings. The highest BCUT2D eigenvalue weighted by atomic mass is 35.5. The predicted molar refractivity (Wildman–Crippen MR) is 122 cm³/mol. The number of amides is 1. The SMILES string of the molecule is CCOC(=O)C1CCN(c2ncnc(NNC(=O)COc3ccc(Cl)cc3Cl)c2N)CC1. The van der Waals surface area contributed by atoms with Crippen molar-refractivity contribution in [2.24, 2.45) is 5.92 Å². The lowest BCUT2D eigenvalue weighted by atomic mass is 9.97. The molecule has 2 heterocycles. The van der Waals surface area contributed by atoms with Crippen molar-refractivity contribution in [3.8, 4) is 5.75 Å². The Bertz CT molecular complexity index is 969. The molecule has 0 spiro atoms. The first kappa shape index (κ1) is 23.7. The van der Waals surface area contributed by atoms with E-state index in [1.165, 1.54) is 12.4 Å². The summed E-state index contributed by atoms with van der Waals surface area (Å²) in [5.74, 6) is 0.353. The van der Waals surface area contributed by atoms with E-state index in [9.17, 15) is 9.59 Å². The monoisotopic (exact) mass is 482 g/mol. The Hall–Kier alpha value is -2.98. The third-order valence-electron chi connectivity index (χ3n) is 4.85. The molecule has 1 aromatic carbocycles. The Morgan fingerprint density at radius 1 is 1.25 bits per heavy atom. The van der Waals surface area contributed by atoms with Crippen LogP contribution in [0.25, 0.3) is 0 Å². The number of esters is 1. The molecule has 0 aliphatic carbocycles. The van der Waals surface area contributed by atoms with Crippen LogP contribution in [0.1, 0.15) is 19.8 Å². The van der Waals surface area contributed by atoms with E-state index in [-0.39, 0.29) is 30.0 Å². The first-order valence-corrected chi connectivity index (χ1v) is 10.8. The maximum atomic E-state index is 12.1. The summed E-state index contributed by atoms with van der Waals surface area (Å²) in [5.41, 5.74) is 11.6. The van der Waals surface area contributed by atoms with Gasteiger partial charge in [-0.25, -0.2) is 9.97 Å². The molecule has 1 saturated heterocycles. The summed E-state index contributed by atoms with van der Waals surface area (Å²) in [4.78, 5) is 34.3. The standard InChI is InChI=1S/C20H24Cl2N6O4/c1-2-31-20(30)12-5-7-28(8-6-12)19-17(23)18(24-11-25-19)27-26-16(29)10-32-15-4-3-13(21)9-14(15)22/h3-4,9,11-12H,2,5-8,10,23H2,1H3,(H,26,29)(H,24,25,27). The van der Waals surface area contributed by atoms with Crippen molar-refractivity contribution in [3.63, 3.8) is 0 Å². The van der Waals surface area contributed by atoms with E-state index in [0.717, 1.165) is 0 Å². The zero-order valence-corrected chi connectivity index (χ0v) is 18.9. The Morgan fingerprint density at radius 3 is 2.69 bits per heavy atom. The molecule has 2 aromatic rings. The molecule has 0 unspecified atom stereocenters. The summed E-state index contributed by atoms with van der Waals surface area (Å²) in [6, 6.07) is 4.70. The normalized spacial score (nSPS) is 14.0. The topological polar surface area (TPSA) is 132 Å². The van der Waals surface area contributed by atoms with Crippen LogP contribution in [0.2, 0.25) is 10.0 Å². The number of aromatic nitrogens is 2. The van der Waals surface area contributed by atoms with Crippen molar-refractivity contribution in [2.45, 2.75) is 19.8 Å². The number of hydrogen-bond acceptors (Lipinski definition) is 9. The molecule has 3 rings (SSSR count). The van der Waals surface area contributed by atoms with Gasteiger partial charge in [-0.3, -0.25) is 20.4 Å². The molecule has 0 atom stereocenters. The molecule has 10 nitrogen and oxygen atoms in total. The number of anilines is 3. The molecule has 4 N–H and O–H groups in total. The van der Waals surface area contributed by atoms with Crippen molar-refractivity contribution in [1.82, 2.24) is 15.4 Å². The third kappa shape index (κ3) is 6.04. The minimum atomic E-state index is -0.467. The Labute approximate surface area is 195 Å². The van der Waals surface area contributed by atoms with E-state index in [4.69, 9.17) is 38.4 Å². The van der Waals surface area contributed by atoms with E-state index in [1.54, 1.807) is 19.1 Å². The van der Waals surface area contributed by atoms with Crippen LogP contribution in [0.5, 0.6) is 5.75 Å². The molecular formula is C20H24Cl2N6O4. The van der Waals surface area contributed by atoms with Gasteiger partial charge in [0.2, 0.25) is 0 Å². The second-order valence-electron chi connectivity index (χ2n) is 7.01. The smallest absolute Gasteiger partial charge is 0.309 e. The number of piperidine rings is 1. The molecule has 172 valence electrons. The predicted octanol–water partition coefficient (Wildman–Crippen LogP) is 2.67. The van der Waals surface area contributed by atoms with Crippen molar-refractivity contribution in [3.05, 3.63) is 34.6 Å². The van der Waals surface area contributed by atoms with Crippen molar-refractivity contribution in [1.29, 1.82) is 0 Å². The minimum absolute atomic E-state index is 0.125. The van der Waals surface area contributed by atoms with Crippen molar-refractivity contribution >= 4 is 52.4 Å². The number of ether oxygens (including phenoxy) is 2. The van der Waals surface area contributed by atoms with Crippen LogP contribution in [0.3, 0.4) is 0 Å². The van der Waals surface area contributed by atoms with Crippen LogP contribution in [-0.4, -0.2) is 48.1 Å². The number of hydrogen-bond donors (Lipinski definition) is 3. The number of rotatable bonds is 8. The average molecular weight is 483 g/mol. The minimum Gasteiger partial charge on any atom is -0.482 e. The Morgan fingerprint density at radius 2 is 2.00 bits per heavy atom. The second kappa shape index (κ2) is 11.1. The number of nitrogens with two attached hydrogens (primary N) is 1. The zero-order valence-electron chi connectivity index (χ0n) is 17.4. The van der Waals surface area contributed by atoms with Gasteiger partial charge in [-0.05, 0) is 38.0 Å². The average Bonchev–Trinajstić information content (AvgIpc) is 2.78. The number of halogens is 2. The number of hydrazine groups is 1. The third-order valence-corrected chi connectivity index (χ3v) is 5.38. The summed E-state index contributed by atoms with van der Waals surface area (Å²) >= 11 is 11.9. The summed E-state index contributed by atoms with van der Waals surface area (Å²) in [6.45, 7) is 3.09. The highest BCUT2D eigenvalue weighted by molar-refractivity contribution is 6.35. The molecule has 1 amide bonds. The van der Waals surface area contributed by atoms with Gasteiger partial charge in [-0.15, -0.1) is 0 Å². The van der Waals surface area contributed by atoms with Gasteiger partial charge in [0.05, 0.1) is 17.5 Å². The first-order chi connectivity index (χ1) is 15.4. The lowest BCUT2D eigenvalue weighted by Crippen LogP contribution is -2.38. The lowest BCUT2D eigenvalue weighted by molar-refractivity contribution is -0.148. The fraction of sp³-hybridized carbons (Fsp3) is 0.400. The molecule has 1 aliphatic heterocycles. The van der Waals surface area contributed by atoms with Gasteiger partial charge in [-0.1, -0.05) is 23.2 Å². The zero-order chi connectivity index (χ0) is 23.1. The summed E-state index contributed by atoms with van der Waals surface area (Å²) in [7, 11) is 0. The van der Waals surface area contributed by atoms with Crippen LogP contribution in [0, 0.1) is 5.92 Å². The molecule has 0 radical (unpaired) electrons. The van der Waals surface area contributed by atoms with Gasteiger partial charge in [0.15, 0.2) is 18.2 Å². The second-order valence-corrected chi connectivity index (χ2v) is 7.85. The fourth-order valence-corrected chi connectivity index (χ4v) is 3.69. The van der Waals surface area contributed by atoms with Crippen molar-refractivity contribution < 1.29 is 19.1 Å².